The number of carbonyl (C=O) groups is 1. The molecule has 0 spiro atoms. The number of aromatic nitrogens is 5. The van der Waals surface area contributed by atoms with Gasteiger partial charge in [0.25, 0.3) is 0 Å². The Hall–Kier alpha value is -2.71. The smallest absolute Gasteiger partial charge is 0.314 e. The van der Waals surface area contributed by atoms with E-state index in [2.05, 4.69) is 30.0 Å². The molecule has 0 saturated carbocycles. The van der Waals surface area contributed by atoms with E-state index in [4.69, 9.17) is 23.2 Å². The highest BCUT2D eigenvalue weighted by molar-refractivity contribution is 6.30. The zero-order chi connectivity index (χ0) is 21.3. The topological polar surface area (TPSA) is 88.8 Å². The van der Waals surface area contributed by atoms with Gasteiger partial charge in [0, 0.05) is 11.6 Å². The van der Waals surface area contributed by atoms with E-state index in [0.717, 1.165) is 30.1 Å². The third kappa shape index (κ3) is 4.24. The Bertz CT molecular complexity index is 1070. The number of aryl methyl sites for hydroxylation is 2. The summed E-state index contributed by atoms with van der Waals surface area (Å²) in [4.78, 5) is 22.8. The number of halogens is 2. The van der Waals surface area contributed by atoms with Crippen molar-refractivity contribution in [2.24, 2.45) is 0 Å². The molecule has 2 aromatic heterocycles. The van der Waals surface area contributed by atoms with Crippen LogP contribution >= 0.6 is 23.2 Å². The highest BCUT2D eigenvalue weighted by Gasteiger charge is 2.34. The van der Waals surface area contributed by atoms with E-state index in [9.17, 15) is 4.79 Å². The number of amides is 2. The molecule has 2 amide bonds. The summed E-state index contributed by atoms with van der Waals surface area (Å²) < 4.78 is 2.05. The van der Waals surface area contributed by atoms with Crippen LogP contribution in [0.1, 0.15) is 41.8 Å². The minimum absolute atomic E-state index is 0.148. The number of urea groups is 1. The summed E-state index contributed by atoms with van der Waals surface area (Å²) in [5.74, 6) is 1.58. The maximum Gasteiger partial charge on any atom is 0.322 e. The fourth-order valence-corrected chi connectivity index (χ4v) is 3.94. The van der Waals surface area contributed by atoms with Crippen LogP contribution in [-0.4, -0.2) is 42.2 Å². The van der Waals surface area contributed by atoms with Gasteiger partial charge in [0.2, 0.25) is 5.28 Å². The number of anilines is 1. The number of benzene rings is 1. The molecule has 0 unspecified atom stereocenters. The van der Waals surface area contributed by atoms with E-state index in [1.54, 1.807) is 11.8 Å². The predicted octanol–water partition coefficient (Wildman–Crippen LogP) is 4.41. The Kier molecular flexibility index (Phi) is 5.87. The number of rotatable bonds is 4. The van der Waals surface area contributed by atoms with E-state index in [-0.39, 0.29) is 17.4 Å². The number of carbonyl (C=O) groups excluding carboxylic acids is 1. The lowest BCUT2D eigenvalue weighted by atomic mass is 10.2. The van der Waals surface area contributed by atoms with Crippen LogP contribution in [0.2, 0.25) is 10.3 Å². The van der Waals surface area contributed by atoms with Crippen molar-refractivity contribution in [3.8, 4) is 0 Å². The summed E-state index contributed by atoms with van der Waals surface area (Å²) >= 11 is 11.8. The summed E-state index contributed by atoms with van der Waals surface area (Å²) in [5, 5.41) is 12.4. The van der Waals surface area contributed by atoms with E-state index in [0.29, 0.717) is 29.5 Å². The van der Waals surface area contributed by atoms with Crippen LogP contribution in [-0.2, 0) is 6.54 Å². The van der Waals surface area contributed by atoms with Gasteiger partial charge in [-0.1, -0.05) is 23.7 Å². The SMILES string of the molecule is Cc1nc(Cl)ncc1NC(=O)N1CCC[C@@H]1c1nnc(C)n1Cc1ccc(Cl)cc1. The van der Waals surface area contributed by atoms with E-state index >= 15 is 0 Å². The minimum Gasteiger partial charge on any atom is -0.314 e. The summed E-state index contributed by atoms with van der Waals surface area (Å²) in [7, 11) is 0. The van der Waals surface area contributed by atoms with Crippen LogP contribution in [0.25, 0.3) is 0 Å². The number of hydrogen-bond donors (Lipinski definition) is 1. The zero-order valence-corrected chi connectivity index (χ0v) is 18.2. The first kappa shape index (κ1) is 20.6. The molecule has 0 aliphatic carbocycles. The molecule has 4 rings (SSSR count). The molecular weight excluding hydrogens is 425 g/mol. The maximum absolute atomic E-state index is 13.0. The molecule has 1 aliphatic heterocycles. The second-order valence-corrected chi connectivity index (χ2v) is 8.01. The Labute approximate surface area is 184 Å². The summed E-state index contributed by atoms with van der Waals surface area (Å²) in [6, 6.07) is 7.31. The monoisotopic (exact) mass is 445 g/mol. The van der Waals surface area contributed by atoms with Crippen molar-refractivity contribution in [3.05, 3.63) is 63.7 Å². The molecule has 1 N–H and O–H groups in total. The summed E-state index contributed by atoms with van der Waals surface area (Å²) in [5.41, 5.74) is 2.24. The largest absolute Gasteiger partial charge is 0.322 e. The zero-order valence-electron chi connectivity index (χ0n) is 16.6. The van der Waals surface area contributed by atoms with Crippen LogP contribution in [0.5, 0.6) is 0 Å². The molecule has 3 aromatic rings. The fraction of sp³-hybridized carbons (Fsp3) is 0.350. The first-order valence-electron chi connectivity index (χ1n) is 9.63. The minimum atomic E-state index is -0.217. The fourth-order valence-electron chi connectivity index (χ4n) is 3.64. The van der Waals surface area contributed by atoms with Crippen LogP contribution in [0.15, 0.2) is 30.5 Å². The molecule has 10 heteroatoms. The van der Waals surface area contributed by atoms with E-state index in [1.165, 1.54) is 6.20 Å². The lowest BCUT2D eigenvalue weighted by molar-refractivity contribution is 0.203. The van der Waals surface area contributed by atoms with Gasteiger partial charge in [0.05, 0.1) is 30.2 Å². The first-order valence-corrected chi connectivity index (χ1v) is 10.4. The highest BCUT2D eigenvalue weighted by atomic mass is 35.5. The van der Waals surface area contributed by atoms with Gasteiger partial charge in [-0.05, 0) is 56.0 Å². The van der Waals surface area contributed by atoms with Crippen LogP contribution in [0.3, 0.4) is 0 Å². The van der Waals surface area contributed by atoms with E-state index in [1.807, 2.05) is 31.2 Å². The third-order valence-corrected chi connectivity index (χ3v) is 5.66. The second-order valence-electron chi connectivity index (χ2n) is 7.24. The van der Waals surface area contributed by atoms with Gasteiger partial charge < -0.3 is 14.8 Å². The molecular formula is C20H21Cl2N7O. The van der Waals surface area contributed by atoms with Crippen LogP contribution in [0.4, 0.5) is 10.5 Å². The van der Waals surface area contributed by atoms with Crippen LogP contribution < -0.4 is 5.32 Å². The van der Waals surface area contributed by atoms with Gasteiger partial charge in [-0.3, -0.25) is 0 Å². The Morgan fingerprint density at radius 3 is 2.70 bits per heavy atom. The molecule has 1 atom stereocenters. The van der Waals surface area contributed by atoms with Crippen molar-refractivity contribution in [1.82, 2.24) is 29.6 Å². The van der Waals surface area contributed by atoms with Crippen molar-refractivity contribution in [1.29, 1.82) is 0 Å². The predicted molar refractivity (Wildman–Crippen MR) is 115 cm³/mol. The Morgan fingerprint density at radius 1 is 1.20 bits per heavy atom. The van der Waals surface area contributed by atoms with Crippen molar-refractivity contribution in [2.75, 3.05) is 11.9 Å². The lowest BCUT2D eigenvalue weighted by Gasteiger charge is -2.25. The highest BCUT2D eigenvalue weighted by Crippen LogP contribution is 2.32. The van der Waals surface area contributed by atoms with Crippen molar-refractivity contribution in [2.45, 2.75) is 39.3 Å². The van der Waals surface area contributed by atoms with Gasteiger partial charge in [-0.25, -0.2) is 14.8 Å². The summed E-state index contributed by atoms with van der Waals surface area (Å²) in [6.45, 7) is 4.94. The Balaban J connectivity index is 1.56. The standard InChI is InChI=1S/C20H21Cl2N7O/c1-12-16(10-23-19(22)24-12)25-20(30)28-9-3-4-17(28)18-27-26-13(2)29(18)11-14-5-7-15(21)8-6-14/h5-8,10,17H,3-4,9,11H2,1-2H3,(H,25,30)/t17-/m1/s1. The van der Waals surface area contributed by atoms with Crippen LogP contribution in [0, 0.1) is 13.8 Å². The van der Waals surface area contributed by atoms with Crippen molar-refractivity contribution in [3.63, 3.8) is 0 Å². The Morgan fingerprint density at radius 2 is 1.97 bits per heavy atom. The molecule has 1 aromatic carbocycles. The molecule has 3 heterocycles. The van der Waals surface area contributed by atoms with Gasteiger partial charge in [0.1, 0.15) is 5.82 Å². The number of nitrogens with one attached hydrogen (secondary N) is 1. The van der Waals surface area contributed by atoms with Gasteiger partial charge >= 0.3 is 6.03 Å². The average Bonchev–Trinajstić information content (AvgIpc) is 3.33. The van der Waals surface area contributed by atoms with Gasteiger partial charge in [0.15, 0.2) is 5.82 Å². The molecule has 1 aliphatic rings. The van der Waals surface area contributed by atoms with Crippen molar-refractivity contribution >= 4 is 34.9 Å². The lowest BCUT2D eigenvalue weighted by Crippen LogP contribution is -2.36. The molecule has 30 heavy (non-hydrogen) atoms. The number of nitrogens with zero attached hydrogens (tertiary/aromatic N) is 6. The molecule has 8 nitrogen and oxygen atoms in total. The molecule has 0 radical (unpaired) electrons. The third-order valence-electron chi connectivity index (χ3n) is 5.22. The normalized spacial score (nSPS) is 16.1. The quantitative estimate of drug-likeness (QED) is 0.600. The van der Waals surface area contributed by atoms with Gasteiger partial charge in [-0.15, -0.1) is 10.2 Å². The maximum atomic E-state index is 13.0. The second kappa shape index (κ2) is 8.57. The number of hydrogen-bond acceptors (Lipinski definition) is 5. The number of likely N-dealkylation sites (tertiary alicyclic amines) is 1. The van der Waals surface area contributed by atoms with Gasteiger partial charge in [-0.2, -0.15) is 0 Å². The van der Waals surface area contributed by atoms with E-state index < -0.39 is 0 Å². The molecule has 1 saturated heterocycles. The summed E-state index contributed by atoms with van der Waals surface area (Å²) in [6.07, 6.45) is 3.23. The molecule has 0 bridgehead atoms. The first-order chi connectivity index (χ1) is 14.4. The molecule has 1 fully saturated rings. The van der Waals surface area contributed by atoms with Crippen molar-refractivity contribution < 1.29 is 4.79 Å². The average molecular weight is 446 g/mol. The molecule has 156 valence electrons.